The number of hydrogen-bond acceptors (Lipinski definition) is 3. The van der Waals surface area contributed by atoms with Gasteiger partial charge in [-0.25, -0.2) is 4.79 Å². The van der Waals surface area contributed by atoms with E-state index in [0.29, 0.717) is 19.1 Å². The van der Waals surface area contributed by atoms with Crippen LogP contribution in [0.4, 0.5) is 4.79 Å². The van der Waals surface area contributed by atoms with Crippen molar-refractivity contribution in [1.82, 2.24) is 15.2 Å². The summed E-state index contributed by atoms with van der Waals surface area (Å²) < 4.78 is 5.77. The molecule has 0 spiro atoms. The Bertz CT molecular complexity index is 937. The minimum atomic E-state index is 0.00877. The molecule has 4 rings (SSSR count). The van der Waals surface area contributed by atoms with Crippen LogP contribution in [0.5, 0.6) is 5.75 Å². The van der Waals surface area contributed by atoms with Crippen molar-refractivity contribution in [1.29, 1.82) is 0 Å². The van der Waals surface area contributed by atoms with Crippen molar-refractivity contribution in [3.05, 3.63) is 72.4 Å². The first-order valence-electron chi connectivity index (χ1n) is 10.3. The molecule has 0 radical (unpaired) electrons. The number of nitrogens with zero attached hydrogens (tertiary/aromatic N) is 2. The number of amides is 2. The molecule has 5 heteroatoms. The predicted octanol–water partition coefficient (Wildman–Crippen LogP) is 4.28. The first kappa shape index (κ1) is 19.2. The van der Waals surface area contributed by atoms with Crippen molar-refractivity contribution in [2.45, 2.75) is 19.3 Å². The van der Waals surface area contributed by atoms with E-state index < -0.39 is 0 Å². The zero-order valence-electron chi connectivity index (χ0n) is 16.6. The second-order valence-electron chi connectivity index (χ2n) is 7.56. The van der Waals surface area contributed by atoms with Crippen molar-refractivity contribution in [3.8, 4) is 5.75 Å². The molecule has 3 aromatic rings. The monoisotopic (exact) mass is 389 g/mol. The second-order valence-corrected chi connectivity index (χ2v) is 7.56. The highest BCUT2D eigenvalue weighted by Gasteiger charge is 2.22. The van der Waals surface area contributed by atoms with Crippen molar-refractivity contribution >= 4 is 16.9 Å². The van der Waals surface area contributed by atoms with Crippen LogP contribution < -0.4 is 10.1 Å². The Hall–Kier alpha value is -3.08. The number of urea groups is 1. The fourth-order valence-electron chi connectivity index (χ4n) is 3.87. The van der Waals surface area contributed by atoms with Crippen molar-refractivity contribution < 1.29 is 9.53 Å². The molecule has 29 heavy (non-hydrogen) atoms. The third kappa shape index (κ3) is 5.25. The average molecular weight is 389 g/mol. The molecule has 1 fully saturated rings. The van der Waals surface area contributed by atoms with Gasteiger partial charge in [-0.1, -0.05) is 36.4 Å². The molecule has 1 aliphatic heterocycles. The van der Waals surface area contributed by atoms with Crippen LogP contribution in [0.3, 0.4) is 0 Å². The summed E-state index contributed by atoms with van der Waals surface area (Å²) in [4.78, 5) is 18.6. The number of aromatic nitrogens is 1. The number of rotatable bonds is 6. The number of carbonyl (C=O) groups is 1. The number of carbonyl (C=O) groups excluding carboxylic acids is 1. The van der Waals surface area contributed by atoms with Crippen molar-refractivity contribution in [2.75, 3.05) is 26.2 Å². The highest BCUT2D eigenvalue weighted by Crippen LogP contribution is 2.22. The number of fused-ring (bicyclic) bond motifs is 1. The third-order valence-electron chi connectivity index (χ3n) is 5.49. The minimum absolute atomic E-state index is 0.00877. The number of ether oxygens (including phenoxy) is 1. The lowest BCUT2D eigenvalue weighted by atomic mass is 9.90. The lowest BCUT2D eigenvalue weighted by molar-refractivity contribution is 0.168. The fraction of sp³-hybridized carbons (Fsp3) is 0.333. The Kier molecular flexibility index (Phi) is 6.25. The predicted molar refractivity (Wildman–Crippen MR) is 115 cm³/mol. The van der Waals surface area contributed by atoms with Gasteiger partial charge in [0.25, 0.3) is 0 Å². The van der Waals surface area contributed by atoms with E-state index in [4.69, 9.17) is 4.74 Å². The average Bonchev–Trinajstić information content (AvgIpc) is 2.78. The summed E-state index contributed by atoms with van der Waals surface area (Å²) in [5, 5.41) is 4.02. The normalized spacial score (nSPS) is 14.7. The van der Waals surface area contributed by atoms with E-state index in [1.807, 2.05) is 35.2 Å². The standard InChI is InChI=1S/C24H27N3O2/c28-24(27-14-10-20(11-15-27)17-19-5-2-1-3-6-19)26-13-16-29-22-8-9-23-21(18-22)7-4-12-25-23/h1-9,12,18,20H,10-11,13-17H2,(H,26,28). The highest BCUT2D eigenvalue weighted by atomic mass is 16.5. The molecular weight excluding hydrogens is 362 g/mol. The molecule has 1 aromatic heterocycles. The van der Waals surface area contributed by atoms with Crippen LogP contribution in [0.1, 0.15) is 18.4 Å². The molecule has 0 saturated carbocycles. The van der Waals surface area contributed by atoms with Gasteiger partial charge in [-0.05, 0) is 55.0 Å². The second kappa shape index (κ2) is 9.41. The Morgan fingerprint density at radius 2 is 1.90 bits per heavy atom. The Labute approximate surface area is 171 Å². The number of nitrogens with one attached hydrogen (secondary N) is 1. The topological polar surface area (TPSA) is 54.5 Å². The van der Waals surface area contributed by atoms with Crippen molar-refractivity contribution in [2.24, 2.45) is 5.92 Å². The number of benzene rings is 2. The number of likely N-dealkylation sites (tertiary alicyclic amines) is 1. The van der Waals surface area contributed by atoms with Gasteiger partial charge in [-0.3, -0.25) is 4.98 Å². The first-order chi connectivity index (χ1) is 14.3. The van der Waals surface area contributed by atoms with E-state index in [9.17, 15) is 4.79 Å². The van der Waals surface area contributed by atoms with Gasteiger partial charge in [0.1, 0.15) is 12.4 Å². The minimum Gasteiger partial charge on any atom is -0.492 e. The lowest BCUT2D eigenvalue weighted by Gasteiger charge is -2.32. The quantitative estimate of drug-likeness (QED) is 0.640. The molecular formula is C24H27N3O2. The molecule has 0 atom stereocenters. The van der Waals surface area contributed by atoms with Crippen LogP contribution in [0, 0.1) is 5.92 Å². The lowest BCUT2D eigenvalue weighted by Crippen LogP contribution is -2.45. The Morgan fingerprint density at radius 3 is 2.72 bits per heavy atom. The van der Waals surface area contributed by atoms with Crippen LogP contribution in [0.15, 0.2) is 66.9 Å². The molecule has 5 nitrogen and oxygen atoms in total. The van der Waals surface area contributed by atoms with E-state index >= 15 is 0 Å². The van der Waals surface area contributed by atoms with Crippen LogP contribution in [-0.2, 0) is 6.42 Å². The first-order valence-corrected chi connectivity index (χ1v) is 10.3. The molecule has 2 heterocycles. The van der Waals surface area contributed by atoms with Gasteiger partial charge >= 0.3 is 6.03 Å². The van der Waals surface area contributed by atoms with Gasteiger partial charge in [0.15, 0.2) is 0 Å². The molecule has 2 amide bonds. The smallest absolute Gasteiger partial charge is 0.317 e. The van der Waals surface area contributed by atoms with Gasteiger partial charge in [-0.2, -0.15) is 0 Å². The van der Waals surface area contributed by atoms with E-state index in [-0.39, 0.29) is 6.03 Å². The van der Waals surface area contributed by atoms with E-state index in [1.165, 1.54) is 5.56 Å². The van der Waals surface area contributed by atoms with Gasteiger partial charge in [0.2, 0.25) is 0 Å². The Balaban J connectivity index is 1.16. The summed E-state index contributed by atoms with van der Waals surface area (Å²) >= 11 is 0. The van der Waals surface area contributed by atoms with Gasteiger partial charge in [0, 0.05) is 24.7 Å². The summed E-state index contributed by atoms with van der Waals surface area (Å²) in [5.41, 5.74) is 2.33. The molecule has 2 aromatic carbocycles. The highest BCUT2D eigenvalue weighted by molar-refractivity contribution is 5.79. The van der Waals surface area contributed by atoms with Crippen molar-refractivity contribution in [3.63, 3.8) is 0 Å². The van der Waals surface area contributed by atoms with Crippen LogP contribution >= 0.6 is 0 Å². The molecule has 0 aliphatic carbocycles. The molecule has 0 bridgehead atoms. The Morgan fingerprint density at radius 1 is 1.07 bits per heavy atom. The van der Waals surface area contributed by atoms with Gasteiger partial charge < -0.3 is 15.0 Å². The zero-order valence-corrected chi connectivity index (χ0v) is 16.6. The van der Waals surface area contributed by atoms with Crippen LogP contribution in [0.25, 0.3) is 10.9 Å². The summed E-state index contributed by atoms with van der Waals surface area (Å²) in [6.45, 7) is 2.58. The fourth-order valence-corrected chi connectivity index (χ4v) is 3.87. The summed E-state index contributed by atoms with van der Waals surface area (Å²) in [6.07, 6.45) is 5.00. The SMILES string of the molecule is O=C(NCCOc1ccc2ncccc2c1)N1CCC(Cc2ccccc2)CC1. The molecule has 1 N–H and O–H groups in total. The summed E-state index contributed by atoms with van der Waals surface area (Å²) in [6, 6.07) is 20.4. The summed E-state index contributed by atoms with van der Waals surface area (Å²) in [7, 11) is 0. The van der Waals surface area contributed by atoms with Gasteiger partial charge in [0.05, 0.1) is 12.1 Å². The maximum Gasteiger partial charge on any atom is 0.317 e. The third-order valence-corrected chi connectivity index (χ3v) is 5.49. The number of pyridine rings is 1. The van der Waals surface area contributed by atoms with E-state index in [2.05, 4.69) is 40.6 Å². The number of piperidine rings is 1. The maximum absolute atomic E-state index is 12.4. The molecule has 150 valence electrons. The van der Waals surface area contributed by atoms with E-state index in [1.54, 1.807) is 6.20 Å². The van der Waals surface area contributed by atoms with E-state index in [0.717, 1.165) is 49.0 Å². The molecule has 1 aliphatic rings. The van der Waals surface area contributed by atoms with Crippen LogP contribution in [0.2, 0.25) is 0 Å². The maximum atomic E-state index is 12.4. The molecule has 0 unspecified atom stereocenters. The summed E-state index contributed by atoms with van der Waals surface area (Å²) in [5.74, 6) is 1.45. The van der Waals surface area contributed by atoms with Crippen LogP contribution in [-0.4, -0.2) is 42.2 Å². The molecule has 1 saturated heterocycles. The van der Waals surface area contributed by atoms with Gasteiger partial charge in [-0.15, -0.1) is 0 Å². The number of hydrogen-bond donors (Lipinski definition) is 1. The largest absolute Gasteiger partial charge is 0.492 e. The zero-order chi connectivity index (χ0) is 19.9.